The summed E-state index contributed by atoms with van der Waals surface area (Å²) in [5.74, 6) is 1.30. The zero-order valence-corrected chi connectivity index (χ0v) is 11.8. The summed E-state index contributed by atoms with van der Waals surface area (Å²) in [5.41, 5.74) is 2.11. The number of nitrogens with zero attached hydrogens (tertiary/aromatic N) is 2. The van der Waals surface area contributed by atoms with Gasteiger partial charge in [0.2, 0.25) is 17.7 Å². The normalized spacial score (nSPS) is 20.0. The van der Waals surface area contributed by atoms with Gasteiger partial charge in [-0.05, 0) is 31.5 Å². The molecule has 1 aromatic carbocycles. The fourth-order valence-corrected chi connectivity index (χ4v) is 2.62. The van der Waals surface area contributed by atoms with E-state index in [9.17, 15) is 4.79 Å². The van der Waals surface area contributed by atoms with Crippen LogP contribution in [-0.4, -0.2) is 29.3 Å². The standard InChI is InChI=1S/C15H15N3O3/c1-15(2)10-4-3-8(5-11(10)16-14(15)19)12-17-18-13(21-12)9-6-20-7-9/h3-5,9H,6-7H2,1-2H3,(H,16,19). The second-order valence-corrected chi connectivity index (χ2v) is 6.02. The quantitative estimate of drug-likeness (QED) is 0.914. The van der Waals surface area contributed by atoms with Gasteiger partial charge in [-0.15, -0.1) is 10.2 Å². The molecule has 1 N–H and O–H groups in total. The number of ether oxygens (including phenoxy) is 1. The minimum absolute atomic E-state index is 0.00693. The molecule has 0 atom stereocenters. The average molecular weight is 285 g/mol. The summed E-state index contributed by atoms with van der Waals surface area (Å²) in [6, 6.07) is 5.74. The second kappa shape index (κ2) is 4.14. The van der Waals surface area contributed by atoms with Crippen molar-refractivity contribution < 1.29 is 13.9 Å². The highest BCUT2D eigenvalue weighted by Gasteiger charge is 2.38. The van der Waals surface area contributed by atoms with Crippen molar-refractivity contribution in [2.75, 3.05) is 18.5 Å². The Labute approximate surface area is 121 Å². The molecular formula is C15H15N3O3. The molecule has 3 heterocycles. The van der Waals surface area contributed by atoms with Crippen molar-refractivity contribution in [3.8, 4) is 11.5 Å². The van der Waals surface area contributed by atoms with E-state index < -0.39 is 5.41 Å². The Morgan fingerprint density at radius 2 is 2.10 bits per heavy atom. The van der Waals surface area contributed by atoms with Crippen LogP contribution in [0.25, 0.3) is 11.5 Å². The summed E-state index contributed by atoms with van der Waals surface area (Å²) in [6.07, 6.45) is 0. The molecule has 6 heteroatoms. The van der Waals surface area contributed by atoms with Crippen LogP contribution >= 0.6 is 0 Å². The first-order valence-corrected chi connectivity index (χ1v) is 6.93. The predicted molar refractivity (Wildman–Crippen MR) is 74.9 cm³/mol. The van der Waals surface area contributed by atoms with E-state index in [1.807, 2.05) is 32.0 Å². The van der Waals surface area contributed by atoms with Gasteiger partial charge in [0.1, 0.15) is 0 Å². The van der Waals surface area contributed by atoms with E-state index in [0.29, 0.717) is 25.0 Å². The first kappa shape index (κ1) is 12.5. The number of anilines is 1. The van der Waals surface area contributed by atoms with Crippen LogP contribution in [0.3, 0.4) is 0 Å². The van der Waals surface area contributed by atoms with Gasteiger partial charge in [0.25, 0.3) is 0 Å². The highest BCUT2D eigenvalue weighted by molar-refractivity contribution is 6.06. The molecule has 0 unspecified atom stereocenters. The number of benzene rings is 1. The van der Waals surface area contributed by atoms with Gasteiger partial charge in [-0.1, -0.05) is 6.07 Å². The first-order valence-electron chi connectivity index (χ1n) is 6.93. The van der Waals surface area contributed by atoms with E-state index in [-0.39, 0.29) is 11.8 Å². The van der Waals surface area contributed by atoms with Crippen molar-refractivity contribution in [1.82, 2.24) is 10.2 Å². The fraction of sp³-hybridized carbons (Fsp3) is 0.400. The van der Waals surface area contributed by atoms with Crippen LogP contribution in [0.2, 0.25) is 0 Å². The zero-order valence-electron chi connectivity index (χ0n) is 11.8. The van der Waals surface area contributed by atoms with Gasteiger partial charge in [0.15, 0.2) is 0 Å². The number of nitrogens with one attached hydrogen (secondary N) is 1. The van der Waals surface area contributed by atoms with Crippen LogP contribution in [0, 0.1) is 0 Å². The Kier molecular flexibility index (Phi) is 2.47. The molecular weight excluding hydrogens is 270 g/mol. The molecule has 0 saturated carbocycles. The molecule has 1 aromatic heterocycles. The number of hydrogen-bond donors (Lipinski definition) is 1. The Balaban J connectivity index is 1.69. The molecule has 0 aliphatic carbocycles. The Hall–Kier alpha value is -2.21. The molecule has 0 bridgehead atoms. The number of carbonyl (C=O) groups is 1. The third-order valence-corrected chi connectivity index (χ3v) is 4.18. The number of aromatic nitrogens is 2. The molecule has 2 aliphatic heterocycles. The minimum atomic E-state index is -0.503. The van der Waals surface area contributed by atoms with Crippen molar-refractivity contribution in [2.45, 2.75) is 25.2 Å². The molecule has 6 nitrogen and oxygen atoms in total. The maximum Gasteiger partial charge on any atom is 0.247 e. The van der Waals surface area contributed by atoms with Crippen molar-refractivity contribution in [3.63, 3.8) is 0 Å². The lowest BCUT2D eigenvalue weighted by Crippen LogP contribution is -2.26. The van der Waals surface area contributed by atoms with Gasteiger partial charge in [-0.25, -0.2) is 0 Å². The van der Waals surface area contributed by atoms with E-state index in [1.54, 1.807) is 0 Å². The summed E-state index contributed by atoms with van der Waals surface area (Å²) < 4.78 is 10.8. The van der Waals surface area contributed by atoms with Crippen LogP contribution in [0.1, 0.15) is 31.2 Å². The minimum Gasteiger partial charge on any atom is -0.420 e. The van der Waals surface area contributed by atoms with Crippen LogP contribution in [0.15, 0.2) is 22.6 Å². The van der Waals surface area contributed by atoms with Crippen molar-refractivity contribution in [3.05, 3.63) is 29.7 Å². The highest BCUT2D eigenvalue weighted by Crippen LogP contribution is 2.39. The summed E-state index contributed by atoms with van der Waals surface area (Å²) >= 11 is 0. The number of hydrogen-bond acceptors (Lipinski definition) is 5. The van der Waals surface area contributed by atoms with Crippen molar-refractivity contribution in [2.24, 2.45) is 0 Å². The smallest absolute Gasteiger partial charge is 0.247 e. The zero-order chi connectivity index (χ0) is 14.6. The maximum atomic E-state index is 12.0. The summed E-state index contributed by atoms with van der Waals surface area (Å²) in [7, 11) is 0. The van der Waals surface area contributed by atoms with Gasteiger partial charge in [0, 0.05) is 11.3 Å². The maximum absolute atomic E-state index is 12.0. The van der Waals surface area contributed by atoms with Gasteiger partial charge in [0.05, 0.1) is 24.5 Å². The van der Waals surface area contributed by atoms with E-state index in [2.05, 4.69) is 15.5 Å². The lowest BCUT2D eigenvalue weighted by Gasteiger charge is -2.21. The van der Waals surface area contributed by atoms with Gasteiger partial charge < -0.3 is 14.5 Å². The van der Waals surface area contributed by atoms with E-state index in [0.717, 1.165) is 16.8 Å². The molecule has 21 heavy (non-hydrogen) atoms. The van der Waals surface area contributed by atoms with E-state index in [4.69, 9.17) is 9.15 Å². The average Bonchev–Trinajstić information content (AvgIpc) is 2.93. The largest absolute Gasteiger partial charge is 0.420 e. The Morgan fingerprint density at radius 1 is 1.29 bits per heavy atom. The van der Waals surface area contributed by atoms with Crippen molar-refractivity contribution >= 4 is 11.6 Å². The van der Waals surface area contributed by atoms with Gasteiger partial charge in [-0.2, -0.15) is 0 Å². The molecule has 2 aromatic rings. The fourth-order valence-electron chi connectivity index (χ4n) is 2.62. The second-order valence-electron chi connectivity index (χ2n) is 6.02. The molecule has 108 valence electrons. The number of carbonyl (C=O) groups excluding carboxylic acids is 1. The monoisotopic (exact) mass is 285 g/mol. The molecule has 0 radical (unpaired) electrons. The molecule has 1 amide bonds. The third kappa shape index (κ3) is 1.79. The third-order valence-electron chi connectivity index (χ3n) is 4.18. The van der Waals surface area contributed by atoms with Crippen molar-refractivity contribution in [1.29, 1.82) is 0 Å². The predicted octanol–water partition coefficient (Wildman–Crippen LogP) is 2.08. The molecule has 2 aliphatic rings. The van der Waals surface area contributed by atoms with E-state index in [1.165, 1.54) is 0 Å². The molecule has 1 saturated heterocycles. The van der Waals surface area contributed by atoms with Gasteiger partial charge in [-0.3, -0.25) is 4.79 Å². The van der Waals surface area contributed by atoms with Crippen LogP contribution < -0.4 is 5.32 Å². The van der Waals surface area contributed by atoms with E-state index >= 15 is 0 Å². The Morgan fingerprint density at radius 3 is 2.81 bits per heavy atom. The number of rotatable bonds is 2. The van der Waals surface area contributed by atoms with Gasteiger partial charge >= 0.3 is 0 Å². The van der Waals surface area contributed by atoms with Crippen LogP contribution in [-0.2, 0) is 14.9 Å². The van der Waals surface area contributed by atoms with Crippen LogP contribution in [0.4, 0.5) is 5.69 Å². The molecule has 4 rings (SSSR count). The summed E-state index contributed by atoms with van der Waals surface area (Å²) in [5, 5.41) is 11.1. The van der Waals surface area contributed by atoms with Crippen LogP contribution in [0.5, 0.6) is 0 Å². The SMILES string of the molecule is CC1(C)C(=O)Nc2cc(-c3nnc(C4COC4)o3)ccc21. The molecule has 0 spiro atoms. The highest BCUT2D eigenvalue weighted by atomic mass is 16.5. The summed E-state index contributed by atoms with van der Waals surface area (Å²) in [4.78, 5) is 12.0. The topological polar surface area (TPSA) is 77.2 Å². The number of amides is 1. The first-order chi connectivity index (χ1) is 10.1. The molecule has 1 fully saturated rings. The summed E-state index contributed by atoms with van der Waals surface area (Å²) in [6.45, 7) is 5.09. The number of fused-ring (bicyclic) bond motifs is 1. The Bertz CT molecular complexity index is 732. The lowest BCUT2D eigenvalue weighted by atomic mass is 9.86. The lowest BCUT2D eigenvalue weighted by molar-refractivity contribution is -0.119.